The molecule has 1 atom stereocenters. The molecule has 3 heteroatoms. The molecule has 0 bridgehead atoms. The first-order chi connectivity index (χ1) is 9.84. The third kappa shape index (κ3) is 3.09. The van der Waals surface area contributed by atoms with Crippen LogP contribution in [0.25, 0.3) is 0 Å². The minimum atomic E-state index is 0.0710. The van der Waals surface area contributed by atoms with E-state index < -0.39 is 0 Å². The van der Waals surface area contributed by atoms with E-state index in [-0.39, 0.29) is 5.92 Å². The standard InChI is InChI=1S/C17H24N2O/c20-16(7-6-13-8-11-18-12-9-13)15-5-1-3-14-4-2-10-19-17(14)15/h2,4,10,13,15,18H,1,3,5-9,11-12H2. The normalized spacial score (nSPS) is 23.3. The minimum absolute atomic E-state index is 0.0710. The van der Waals surface area contributed by atoms with Gasteiger partial charge in [-0.15, -0.1) is 0 Å². The molecule has 0 aromatic carbocycles. The maximum Gasteiger partial charge on any atom is 0.141 e. The molecular weight excluding hydrogens is 248 g/mol. The van der Waals surface area contributed by atoms with Gasteiger partial charge in [-0.05, 0) is 69.2 Å². The van der Waals surface area contributed by atoms with Crippen molar-refractivity contribution in [1.82, 2.24) is 10.3 Å². The Morgan fingerprint density at radius 2 is 2.15 bits per heavy atom. The monoisotopic (exact) mass is 272 g/mol. The Kier molecular flexibility index (Phi) is 4.46. The fraction of sp³-hybridized carbons (Fsp3) is 0.647. The van der Waals surface area contributed by atoms with Crippen LogP contribution in [0, 0.1) is 5.92 Å². The second-order valence-electron chi connectivity index (χ2n) is 6.19. The average molecular weight is 272 g/mol. The fourth-order valence-corrected chi connectivity index (χ4v) is 3.61. The molecule has 3 nitrogen and oxygen atoms in total. The molecule has 2 heterocycles. The fourth-order valence-electron chi connectivity index (χ4n) is 3.61. The highest BCUT2D eigenvalue weighted by molar-refractivity contribution is 5.85. The molecule has 1 N–H and O–H groups in total. The van der Waals surface area contributed by atoms with Gasteiger partial charge in [-0.1, -0.05) is 6.07 Å². The number of pyridine rings is 1. The Hall–Kier alpha value is -1.22. The van der Waals surface area contributed by atoms with Gasteiger partial charge < -0.3 is 5.32 Å². The van der Waals surface area contributed by atoms with Gasteiger partial charge in [0, 0.05) is 12.6 Å². The molecule has 1 aliphatic heterocycles. The molecule has 0 radical (unpaired) electrons. The number of aromatic nitrogens is 1. The minimum Gasteiger partial charge on any atom is -0.317 e. The molecule has 0 saturated carbocycles. The zero-order valence-electron chi connectivity index (χ0n) is 12.1. The lowest BCUT2D eigenvalue weighted by atomic mass is 9.81. The van der Waals surface area contributed by atoms with Crippen LogP contribution in [0.1, 0.15) is 55.7 Å². The van der Waals surface area contributed by atoms with E-state index in [1.165, 1.54) is 18.4 Å². The Labute approximate surface area is 121 Å². The maximum atomic E-state index is 12.5. The topological polar surface area (TPSA) is 42.0 Å². The highest BCUT2D eigenvalue weighted by Crippen LogP contribution is 2.32. The van der Waals surface area contributed by atoms with Gasteiger partial charge in [0.25, 0.3) is 0 Å². The van der Waals surface area contributed by atoms with Crippen LogP contribution >= 0.6 is 0 Å². The van der Waals surface area contributed by atoms with Gasteiger partial charge in [-0.2, -0.15) is 0 Å². The number of aryl methyl sites for hydroxylation is 1. The summed E-state index contributed by atoms with van der Waals surface area (Å²) in [5.74, 6) is 1.23. The number of hydrogen-bond acceptors (Lipinski definition) is 3. The quantitative estimate of drug-likeness (QED) is 0.916. The zero-order chi connectivity index (χ0) is 13.8. The molecule has 1 aliphatic carbocycles. The van der Waals surface area contributed by atoms with Crippen LogP contribution in [0.3, 0.4) is 0 Å². The summed E-state index contributed by atoms with van der Waals surface area (Å²) in [7, 11) is 0. The molecule has 1 aromatic rings. The molecule has 1 aromatic heterocycles. The van der Waals surface area contributed by atoms with E-state index in [9.17, 15) is 4.79 Å². The number of ketones is 1. The third-order valence-electron chi connectivity index (χ3n) is 4.84. The number of carbonyl (C=O) groups is 1. The number of piperidine rings is 1. The molecule has 108 valence electrons. The molecule has 3 rings (SSSR count). The maximum absolute atomic E-state index is 12.5. The smallest absolute Gasteiger partial charge is 0.141 e. The van der Waals surface area contributed by atoms with Crippen molar-refractivity contribution < 1.29 is 4.79 Å². The number of nitrogens with one attached hydrogen (secondary N) is 1. The van der Waals surface area contributed by atoms with Crippen molar-refractivity contribution >= 4 is 5.78 Å². The van der Waals surface area contributed by atoms with Crippen molar-refractivity contribution in [2.24, 2.45) is 5.92 Å². The van der Waals surface area contributed by atoms with Crippen LogP contribution in [0.15, 0.2) is 18.3 Å². The first-order valence-corrected chi connectivity index (χ1v) is 8.02. The Bertz CT molecular complexity index is 466. The second-order valence-corrected chi connectivity index (χ2v) is 6.19. The van der Waals surface area contributed by atoms with Crippen molar-refractivity contribution in [3.8, 4) is 0 Å². The van der Waals surface area contributed by atoms with E-state index in [1.54, 1.807) is 0 Å². The summed E-state index contributed by atoms with van der Waals surface area (Å²) < 4.78 is 0. The summed E-state index contributed by atoms with van der Waals surface area (Å²) in [6, 6.07) is 4.12. The van der Waals surface area contributed by atoms with Gasteiger partial charge >= 0.3 is 0 Å². The van der Waals surface area contributed by atoms with E-state index in [1.807, 2.05) is 12.3 Å². The van der Waals surface area contributed by atoms with Crippen LogP contribution in [0.4, 0.5) is 0 Å². The van der Waals surface area contributed by atoms with Crippen LogP contribution in [0.2, 0.25) is 0 Å². The highest BCUT2D eigenvalue weighted by Gasteiger charge is 2.27. The van der Waals surface area contributed by atoms with Crippen LogP contribution in [0.5, 0.6) is 0 Å². The van der Waals surface area contributed by atoms with Crippen LogP contribution in [-0.2, 0) is 11.2 Å². The number of carbonyl (C=O) groups excluding carboxylic acids is 1. The van der Waals surface area contributed by atoms with Crippen LogP contribution in [-0.4, -0.2) is 23.9 Å². The molecule has 0 spiro atoms. The Morgan fingerprint density at radius 3 is 3.00 bits per heavy atom. The second kappa shape index (κ2) is 6.49. The first kappa shape index (κ1) is 13.7. The average Bonchev–Trinajstić information content (AvgIpc) is 2.53. The van der Waals surface area contributed by atoms with Gasteiger partial charge in [-0.25, -0.2) is 0 Å². The van der Waals surface area contributed by atoms with E-state index in [4.69, 9.17) is 0 Å². The number of nitrogens with zero attached hydrogens (tertiary/aromatic N) is 1. The molecule has 1 fully saturated rings. The SMILES string of the molecule is O=C(CCC1CCNCC1)C1CCCc2cccnc21. The lowest BCUT2D eigenvalue weighted by molar-refractivity contribution is -0.121. The summed E-state index contributed by atoms with van der Waals surface area (Å²) in [6.07, 6.45) is 9.31. The van der Waals surface area contributed by atoms with Gasteiger partial charge in [0.15, 0.2) is 0 Å². The first-order valence-electron chi connectivity index (χ1n) is 8.02. The predicted octanol–water partition coefficient (Wildman–Crippen LogP) is 2.85. The van der Waals surface area contributed by atoms with E-state index >= 15 is 0 Å². The lowest BCUT2D eigenvalue weighted by Crippen LogP contribution is -2.28. The summed E-state index contributed by atoms with van der Waals surface area (Å²) >= 11 is 0. The number of fused-ring (bicyclic) bond motifs is 1. The third-order valence-corrected chi connectivity index (χ3v) is 4.84. The van der Waals surface area contributed by atoms with Gasteiger partial charge in [0.2, 0.25) is 0 Å². The summed E-state index contributed by atoms with van der Waals surface area (Å²) in [4.78, 5) is 17.0. The van der Waals surface area contributed by atoms with Gasteiger partial charge in [-0.3, -0.25) is 9.78 Å². The summed E-state index contributed by atoms with van der Waals surface area (Å²) in [5, 5.41) is 3.38. The van der Waals surface area contributed by atoms with E-state index in [0.717, 1.165) is 56.8 Å². The summed E-state index contributed by atoms with van der Waals surface area (Å²) in [5.41, 5.74) is 2.35. The predicted molar refractivity (Wildman–Crippen MR) is 79.8 cm³/mol. The Morgan fingerprint density at radius 1 is 1.30 bits per heavy atom. The molecule has 0 amide bonds. The molecule has 1 unspecified atom stereocenters. The van der Waals surface area contributed by atoms with Gasteiger partial charge in [0.05, 0.1) is 11.6 Å². The van der Waals surface area contributed by atoms with Crippen LogP contribution < -0.4 is 5.32 Å². The molecule has 1 saturated heterocycles. The lowest BCUT2D eigenvalue weighted by Gasteiger charge is -2.25. The number of rotatable bonds is 4. The van der Waals surface area contributed by atoms with E-state index in [0.29, 0.717) is 5.78 Å². The molecular formula is C17H24N2O. The van der Waals surface area contributed by atoms with Gasteiger partial charge in [0.1, 0.15) is 5.78 Å². The van der Waals surface area contributed by atoms with Crippen molar-refractivity contribution in [3.05, 3.63) is 29.6 Å². The number of Topliss-reactive ketones (excluding diaryl/α,β-unsaturated/α-hetero) is 1. The summed E-state index contributed by atoms with van der Waals surface area (Å²) in [6.45, 7) is 2.24. The van der Waals surface area contributed by atoms with Crippen molar-refractivity contribution in [2.45, 2.75) is 50.9 Å². The Balaban J connectivity index is 1.60. The van der Waals surface area contributed by atoms with Crippen molar-refractivity contribution in [2.75, 3.05) is 13.1 Å². The molecule has 2 aliphatic rings. The van der Waals surface area contributed by atoms with E-state index in [2.05, 4.69) is 16.4 Å². The largest absolute Gasteiger partial charge is 0.317 e. The van der Waals surface area contributed by atoms with Crippen molar-refractivity contribution in [3.63, 3.8) is 0 Å². The highest BCUT2D eigenvalue weighted by atomic mass is 16.1. The van der Waals surface area contributed by atoms with Crippen molar-refractivity contribution in [1.29, 1.82) is 0 Å². The zero-order valence-corrected chi connectivity index (χ0v) is 12.1. The number of hydrogen-bond donors (Lipinski definition) is 1. The molecule has 20 heavy (non-hydrogen) atoms.